The highest BCUT2D eigenvalue weighted by Gasteiger charge is 2.18. The number of carbonyl (C=O) groups is 1. The van der Waals surface area contributed by atoms with Crippen LogP contribution < -0.4 is 10.9 Å². The number of fused-ring (bicyclic) bond motifs is 1. The lowest BCUT2D eigenvalue weighted by Gasteiger charge is -2.17. The van der Waals surface area contributed by atoms with E-state index in [9.17, 15) is 18.4 Å². The Kier molecular flexibility index (Phi) is 5.60. The van der Waals surface area contributed by atoms with Gasteiger partial charge in [0, 0.05) is 18.5 Å². The lowest BCUT2D eigenvalue weighted by Crippen LogP contribution is -2.29. The Labute approximate surface area is 163 Å². The van der Waals surface area contributed by atoms with Crippen LogP contribution in [0.25, 0.3) is 16.6 Å². The van der Waals surface area contributed by atoms with E-state index in [0.717, 1.165) is 0 Å². The summed E-state index contributed by atoms with van der Waals surface area (Å²) in [6.45, 7) is 1.69. The number of rotatable bonds is 5. The summed E-state index contributed by atoms with van der Waals surface area (Å²) < 4.78 is 27.6. The highest BCUT2D eigenvalue weighted by Crippen LogP contribution is 2.26. The van der Waals surface area contributed by atoms with Gasteiger partial charge in [-0.2, -0.15) is 0 Å². The normalized spacial score (nSPS) is 11.2. The maximum Gasteiger partial charge on any atom is 0.404 e. The lowest BCUT2D eigenvalue weighted by molar-refractivity contribution is 0.151. The van der Waals surface area contributed by atoms with Crippen molar-refractivity contribution < 1.29 is 18.7 Å². The van der Waals surface area contributed by atoms with Crippen LogP contribution in [0.1, 0.15) is 23.4 Å². The SMILES string of the molecule is Cc1ccc(C(F)F)cc1-n1c(CCNC(=O)O)nc2cccc(Cl)c2c1=O. The highest BCUT2D eigenvalue weighted by atomic mass is 35.5. The van der Waals surface area contributed by atoms with Crippen molar-refractivity contribution in [3.63, 3.8) is 0 Å². The van der Waals surface area contributed by atoms with Gasteiger partial charge in [0.05, 0.1) is 21.6 Å². The number of halogens is 3. The molecule has 0 saturated carbocycles. The molecule has 0 aliphatic rings. The smallest absolute Gasteiger partial charge is 0.404 e. The molecule has 0 bridgehead atoms. The molecule has 0 fully saturated rings. The summed E-state index contributed by atoms with van der Waals surface area (Å²) in [6.07, 6.45) is -3.83. The first-order valence-electron chi connectivity index (χ1n) is 8.35. The van der Waals surface area contributed by atoms with E-state index >= 15 is 0 Å². The van der Waals surface area contributed by atoms with Crippen LogP contribution in [0.15, 0.2) is 41.2 Å². The Morgan fingerprint density at radius 1 is 1.32 bits per heavy atom. The summed E-state index contributed by atoms with van der Waals surface area (Å²) in [6, 6.07) is 8.83. The van der Waals surface area contributed by atoms with E-state index in [0.29, 0.717) is 11.1 Å². The summed E-state index contributed by atoms with van der Waals surface area (Å²) in [5.74, 6) is 0.239. The monoisotopic (exact) mass is 407 g/mol. The van der Waals surface area contributed by atoms with Crippen LogP contribution >= 0.6 is 11.6 Å². The zero-order valence-electron chi connectivity index (χ0n) is 14.7. The summed E-state index contributed by atoms with van der Waals surface area (Å²) in [5, 5.41) is 11.4. The zero-order chi connectivity index (χ0) is 20.4. The number of carboxylic acid groups (broad SMARTS) is 1. The second kappa shape index (κ2) is 7.93. The average Bonchev–Trinajstić information content (AvgIpc) is 2.62. The molecule has 0 atom stereocenters. The Bertz CT molecular complexity index is 1120. The van der Waals surface area contributed by atoms with Gasteiger partial charge >= 0.3 is 6.09 Å². The largest absolute Gasteiger partial charge is 0.465 e. The van der Waals surface area contributed by atoms with Gasteiger partial charge in [0.25, 0.3) is 12.0 Å². The van der Waals surface area contributed by atoms with Gasteiger partial charge in [0.15, 0.2) is 0 Å². The molecule has 1 aromatic heterocycles. The quantitative estimate of drug-likeness (QED) is 0.667. The average molecular weight is 408 g/mol. The number of alkyl halides is 2. The Balaban J connectivity index is 2.28. The fraction of sp³-hybridized carbons (Fsp3) is 0.211. The third-order valence-corrected chi connectivity index (χ3v) is 4.58. The molecule has 0 aliphatic heterocycles. The predicted molar refractivity (Wildman–Crippen MR) is 102 cm³/mol. The Morgan fingerprint density at radius 2 is 2.07 bits per heavy atom. The molecule has 9 heteroatoms. The van der Waals surface area contributed by atoms with Crippen molar-refractivity contribution in [1.82, 2.24) is 14.9 Å². The van der Waals surface area contributed by atoms with Crippen LogP contribution in [0.5, 0.6) is 0 Å². The number of hydrogen-bond acceptors (Lipinski definition) is 3. The van der Waals surface area contributed by atoms with Crippen LogP contribution in [0.3, 0.4) is 0 Å². The summed E-state index contributed by atoms with van der Waals surface area (Å²) in [7, 11) is 0. The molecule has 3 rings (SSSR count). The van der Waals surface area contributed by atoms with Crippen LogP contribution in [0.2, 0.25) is 5.02 Å². The molecule has 2 aromatic carbocycles. The first kappa shape index (κ1) is 19.8. The maximum atomic E-state index is 13.2. The standard InChI is InChI=1S/C19H16ClF2N3O3/c1-10-5-6-11(17(21)22)9-14(10)25-15(7-8-23-19(27)28)24-13-4-2-3-12(20)16(13)18(25)26/h2-6,9,17,23H,7-8H2,1H3,(H,27,28). The van der Waals surface area contributed by atoms with E-state index in [4.69, 9.17) is 16.7 Å². The number of hydrogen-bond donors (Lipinski definition) is 2. The third-order valence-electron chi connectivity index (χ3n) is 4.27. The maximum absolute atomic E-state index is 13.2. The zero-order valence-corrected chi connectivity index (χ0v) is 15.5. The molecule has 146 valence electrons. The van der Waals surface area contributed by atoms with Gasteiger partial charge in [0.1, 0.15) is 5.82 Å². The molecule has 2 N–H and O–H groups in total. The molecule has 0 radical (unpaired) electrons. The number of aryl methyl sites for hydroxylation is 1. The van der Waals surface area contributed by atoms with Gasteiger partial charge in [-0.25, -0.2) is 18.6 Å². The second-order valence-electron chi connectivity index (χ2n) is 6.13. The first-order chi connectivity index (χ1) is 13.3. The van der Waals surface area contributed by atoms with Gasteiger partial charge in [-0.15, -0.1) is 0 Å². The van der Waals surface area contributed by atoms with Crippen molar-refractivity contribution in [3.8, 4) is 5.69 Å². The van der Waals surface area contributed by atoms with Crippen molar-refractivity contribution in [2.24, 2.45) is 0 Å². The van der Waals surface area contributed by atoms with Gasteiger partial charge in [-0.05, 0) is 30.7 Å². The number of nitrogens with one attached hydrogen (secondary N) is 1. The second-order valence-corrected chi connectivity index (χ2v) is 6.54. The van der Waals surface area contributed by atoms with Crippen LogP contribution in [-0.4, -0.2) is 27.3 Å². The Morgan fingerprint density at radius 3 is 2.75 bits per heavy atom. The molecule has 0 aliphatic carbocycles. The molecular weight excluding hydrogens is 392 g/mol. The lowest BCUT2D eigenvalue weighted by atomic mass is 10.1. The third kappa shape index (κ3) is 3.82. The summed E-state index contributed by atoms with van der Waals surface area (Å²) >= 11 is 6.18. The molecule has 0 unspecified atom stereocenters. The predicted octanol–water partition coefficient (Wildman–Crippen LogP) is 4.10. The fourth-order valence-corrected chi connectivity index (χ4v) is 3.19. The van der Waals surface area contributed by atoms with Crippen molar-refractivity contribution in [2.75, 3.05) is 6.54 Å². The molecule has 1 heterocycles. The number of benzene rings is 2. The number of nitrogens with zero attached hydrogens (tertiary/aromatic N) is 2. The minimum atomic E-state index is -2.70. The topological polar surface area (TPSA) is 84.2 Å². The minimum absolute atomic E-state index is 0.00142. The highest BCUT2D eigenvalue weighted by molar-refractivity contribution is 6.35. The fourth-order valence-electron chi connectivity index (χ4n) is 2.94. The van der Waals surface area contributed by atoms with Crippen LogP contribution in [0, 0.1) is 6.92 Å². The van der Waals surface area contributed by atoms with Gasteiger partial charge < -0.3 is 10.4 Å². The summed E-state index contributed by atoms with van der Waals surface area (Å²) in [5.41, 5.74) is 0.452. The van der Waals surface area contributed by atoms with E-state index in [-0.39, 0.29) is 40.4 Å². The Hall–Kier alpha value is -3.00. The van der Waals surface area contributed by atoms with E-state index in [2.05, 4.69) is 10.3 Å². The molecule has 3 aromatic rings. The molecule has 1 amide bonds. The van der Waals surface area contributed by atoms with E-state index < -0.39 is 18.1 Å². The van der Waals surface area contributed by atoms with Crippen molar-refractivity contribution in [3.05, 3.63) is 68.7 Å². The van der Waals surface area contributed by atoms with E-state index in [1.54, 1.807) is 25.1 Å². The van der Waals surface area contributed by atoms with Gasteiger partial charge in [-0.1, -0.05) is 29.8 Å². The molecule has 6 nitrogen and oxygen atoms in total. The van der Waals surface area contributed by atoms with Crippen molar-refractivity contribution >= 4 is 28.6 Å². The molecule has 28 heavy (non-hydrogen) atoms. The van der Waals surface area contributed by atoms with E-state index in [1.807, 2.05) is 0 Å². The van der Waals surface area contributed by atoms with Crippen LogP contribution in [0.4, 0.5) is 13.6 Å². The molecule has 0 saturated heterocycles. The van der Waals surface area contributed by atoms with Crippen molar-refractivity contribution in [1.29, 1.82) is 0 Å². The van der Waals surface area contributed by atoms with Gasteiger partial charge in [-0.3, -0.25) is 9.36 Å². The van der Waals surface area contributed by atoms with Crippen molar-refractivity contribution in [2.45, 2.75) is 19.8 Å². The summed E-state index contributed by atoms with van der Waals surface area (Å²) in [4.78, 5) is 28.4. The number of amides is 1. The molecule has 0 spiro atoms. The van der Waals surface area contributed by atoms with Crippen LogP contribution in [-0.2, 0) is 6.42 Å². The van der Waals surface area contributed by atoms with E-state index in [1.165, 1.54) is 22.8 Å². The minimum Gasteiger partial charge on any atom is -0.465 e. The first-order valence-corrected chi connectivity index (χ1v) is 8.73. The van der Waals surface area contributed by atoms with Gasteiger partial charge in [0.2, 0.25) is 0 Å². The molecular formula is C19H16ClF2N3O3. The number of aromatic nitrogens is 2.